The Morgan fingerprint density at radius 2 is 1.96 bits per heavy atom. The Morgan fingerprint density at radius 1 is 1.30 bits per heavy atom. The minimum Gasteiger partial charge on any atom is -0.445 e. The minimum absolute atomic E-state index is 0.0148. The molecule has 2 rings (SSSR count). The molecule has 1 atom stereocenters. The number of nitro groups is 1. The van der Waals surface area contributed by atoms with Crippen LogP contribution < -0.4 is 5.32 Å². The van der Waals surface area contributed by atoms with Crippen molar-refractivity contribution in [2.75, 3.05) is 19.6 Å². The Hall–Kier alpha value is -2.84. The highest BCUT2D eigenvalue weighted by Crippen LogP contribution is 2.19. The van der Waals surface area contributed by atoms with Gasteiger partial charge in [0.25, 0.3) is 5.69 Å². The topological polar surface area (TPSA) is 111 Å². The van der Waals surface area contributed by atoms with Crippen molar-refractivity contribution in [2.24, 2.45) is 5.92 Å². The number of non-ortho nitro benzene ring substituents is 1. The lowest BCUT2D eigenvalue weighted by atomic mass is 10.1. The first-order valence-corrected chi connectivity index (χ1v) is 8.76. The summed E-state index contributed by atoms with van der Waals surface area (Å²) >= 11 is 0. The van der Waals surface area contributed by atoms with Crippen LogP contribution in [0.5, 0.6) is 0 Å². The quantitative estimate of drug-likeness (QED) is 0.622. The van der Waals surface area contributed by atoms with Gasteiger partial charge in [-0.3, -0.25) is 10.1 Å². The number of carbonyl (C=O) groups is 2. The van der Waals surface area contributed by atoms with Gasteiger partial charge in [0, 0.05) is 31.8 Å². The fourth-order valence-corrected chi connectivity index (χ4v) is 2.63. The van der Waals surface area contributed by atoms with E-state index >= 15 is 0 Å². The van der Waals surface area contributed by atoms with Gasteiger partial charge < -0.3 is 19.7 Å². The largest absolute Gasteiger partial charge is 0.445 e. The van der Waals surface area contributed by atoms with Crippen molar-refractivity contribution < 1.29 is 24.0 Å². The molecule has 0 aromatic heterocycles. The molecule has 148 valence electrons. The highest BCUT2D eigenvalue weighted by Gasteiger charge is 2.29. The molecule has 0 bridgehead atoms. The lowest BCUT2D eigenvalue weighted by molar-refractivity contribution is -0.384. The van der Waals surface area contributed by atoms with E-state index in [9.17, 15) is 19.7 Å². The van der Waals surface area contributed by atoms with Crippen molar-refractivity contribution in [3.8, 4) is 0 Å². The van der Waals surface area contributed by atoms with Crippen LogP contribution in [0.3, 0.4) is 0 Å². The third kappa shape index (κ3) is 6.76. The summed E-state index contributed by atoms with van der Waals surface area (Å²) in [6.07, 6.45) is -0.128. The maximum absolute atomic E-state index is 12.0. The summed E-state index contributed by atoms with van der Waals surface area (Å²) in [6.45, 7) is 7.01. The van der Waals surface area contributed by atoms with E-state index in [-0.39, 0.29) is 24.3 Å². The number of alkyl carbamates (subject to hydrolysis) is 1. The van der Waals surface area contributed by atoms with Crippen molar-refractivity contribution in [1.82, 2.24) is 10.2 Å². The van der Waals surface area contributed by atoms with Crippen molar-refractivity contribution in [1.29, 1.82) is 0 Å². The first-order chi connectivity index (χ1) is 12.6. The molecule has 27 heavy (non-hydrogen) atoms. The molecule has 1 heterocycles. The van der Waals surface area contributed by atoms with Crippen molar-refractivity contribution >= 4 is 17.9 Å². The van der Waals surface area contributed by atoms with Gasteiger partial charge in [-0.15, -0.1) is 0 Å². The summed E-state index contributed by atoms with van der Waals surface area (Å²) in [5.41, 5.74) is 0.112. The predicted octanol–water partition coefficient (Wildman–Crippen LogP) is 3.08. The molecule has 1 aromatic carbocycles. The third-order valence-electron chi connectivity index (χ3n) is 3.99. The first-order valence-electron chi connectivity index (χ1n) is 8.76. The molecule has 1 aromatic rings. The molecular weight excluding hydrogens is 354 g/mol. The van der Waals surface area contributed by atoms with Crippen LogP contribution in [0.15, 0.2) is 24.3 Å². The minimum atomic E-state index is -0.566. The maximum atomic E-state index is 12.0. The number of amides is 2. The number of nitrogens with one attached hydrogen (secondary N) is 1. The summed E-state index contributed by atoms with van der Waals surface area (Å²) < 4.78 is 10.4. The molecule has 0 aliphatic carbocycles. The van der Waals surface area contributed by atoms with Crippen LogP contribution in [0.25, 0.3) is 0 Å². The molecule has 0 radical (unpaired) electrons. The summed E-state index contributed by atoms with van der Waals surface area (Å²) in [5, 5.41) is 13.3. The summed E-state index contributed by atoms with van der Waals surface area (Å²) in [5.74, 6) is 0.143. The molecule has 1 N–H and O–H groups in total. The molecule has 0 saturated carbocycles. The van der Waals surface area contributed by atoms with Crippen LogP contribution in [0, 0.1) is 16.0 Å². The average Bonchev–Trinajstić information content (AvgIpc) is 3.06. The third-order valence-corrected chi connectivity index (χ3v) is 3.99. The number of likely N-dealkylation sites (tertiary alicyclic amines) is 1. The molecule has 1 saturated heterocycles. The monoisotopic (exact) mass is 379 g/mol. The smallest absolute Gasteiger partial charge is 0.410 e. The van der Waals surface area contributed by atoms with Gasteiger partial charge in [0.05, 0.1) is 4.92 Å². The first kappa shape index (κ1) is 20.5. The molecule has 1 aliphatic heterocycles. The van der Waals surface area contributed by atoms with Crippen LogP contribution >= 0.6 is 0 Å². The average molecular weight is 379 g/mol. The van der Waals surface area contributed by atoms with Gasteiger partial charge >= 0.3 is 12.2 Å². The molecule has 0 unspecified atom stereocenters. The van der Waals surface area contributed by atoms with Crippen LogP contribution in [-0.2, 0) is 16.1 Å². The standard InChI is InChI=1S/C18H25N3O6/c1-18(2,3)27-17(23)20-9-8-14(11-20)10-19-16(22)26-12-13-4-6-15(7-5-13)21(24)25/h4-7,14H,8-12H2,1-3H3,(H,19,22)/t14-/m0/s1. The summed E-state index contributed by atoms with van der Waals surface area (Å²) in [4.78, 5) is 35.6. The molecule has 9 nitrogen and oxygen atoms in total. The van der Waals surface area contributed by atoms with Gasteiger partial charge in [0.2, 0.25) is 0 Å². The van der Waals surface area contributed by atoms with Gasteiger partial charge in [-0.1, -0.05) is 0 Å². The molecule has 0 spiro atoms. The SMILES string of the molecule is CC(C)(C)OC(=O)N1CC[C@@H](CNC(=O)OCc2ccc([N+](=O)[O-])cc2)C1. The van der Waals surface area contributed by atoms with Gasteiger partial charge in [0.15, 0.2) is 0 Å². The number of hydrogen-bond acceptors (Lipinski definition) is 6. The van der Waals surface area contributed by atoms with Gasteiger partial charge in [-0.25, -0.2) is 9.59 Å². The zero-order valence-electron chi connectivity index (χ0n) is 15.8. The molecular formula is C18H25N3O6. The fourth-order valence-electron chi connectivity index (χ4n) is 2.63. The van der Waals surface area contributed by atoms with E-state index < -0.39 is 16.6 Å². The summed E-state index contributed by atoms with van der Waals surface area (Å²) in [6, 6.07) is 5.81. The normalized spacial score (nSPS) is 16.7. The Morgan fingerprint density at radius 3 is 2.56 bits per heavy atom. The second kappa shape index (κ2) is 8.70. The highest BCUT2D eigenvalue weighted by molar-refractivity contribution is 5.69. The van der Waals surface area contributed by atoms with E-state index in [0.29, 0.717) is 25.2 Å². The molecule has 1 aliphatic rings. The maximum Gasteiger partial charge on any atom is 0.410 e. The Bertz CT molecular complexity index is 683. The van der Waals surface area contributed by atoms with E-state index in [0.717, 1.165) is 6.42 Å². The zero-order valence-corrected chi connectivity index (χ0v) is 15.8. The Labute approximate surface area is 157 Å². The van der Waals surface area contributed by atoms with E-state index in [1.807, 2.05) is 20.8 Å². The number of carbonyl (C=O) groups excluding carboxylic acids is 2. The van der Waals surface area contributed by atoms with Crippen LogP contribution in [0.4, 0.5) is 15.3 Å². The summed E-state index contributed by atoms with van der Waals surface area (Å²) in [7, 11) is 0. The lowest BCUT2D eigenvalue weighted by Gasteiger charge is -2.24. The van der Waals surface area contributed by atoms with E-state index in [4.69, 9.17) is 9.47 Å². The lowest BCUT2D eigenvalue weighted by Crippen LogP contribution is -2.36. The Kier molecular flexibility index (Phi) is 6.59. The zero-order chi connectivity index (χ0) is 20.0. The highest BCUT2D eigenvalue weighted by atomic mass is 16.6. The van der Waals surface area contributed by atoms with E-state index in [2.05, 4.69) is 5.32 Å². The van der Waals surface area contributed by atoms with Crippen LogP contribution in [-0.4, -0.2) is 47.2 Å². The number of hydrogen-bond donors (Lipinski definition) is 1. The van der Waals surface area contributed by atoms with E-state index in [1.54, 1.807) is 17.0 Å². The van der Waals surface area contributed by atoms with Crippen LogP contribution in [0.2, 0.25) is 0 Å². The van der Waals surface area contributed by atoms with Gasteiger partial charge in [0.1, 0.15) is 12.2 Å². The fraction of sp³-hybridized carbons (Fsp3) is 0.556. The van der Waals surface area contributed by atoms with Crippen molar-refractivity contribution in [2.45, 2.75) is 39.4 Å². The molecule has 1 fully saturated rings. The second-order valence-corrected chi connectivity index (χ2v) is 7.46. The molecule has 9 heteroatoms. The predicted molar refractivity (Wildman–Crippen MR) is 97.2 cm³/mol. The Balaban J connectivity index is 1.68. The number of benzene rings is 1. The second-order valence-electron chi connectivity index (χ2n) is 7.46. The molecule has 2 amide bonds. The number of nitro benzene ring substituents is 1. The van der Waals surface area contributed by atoms with Crippen molar-refractivity contribution in [3.05, 3.63) is 39.9 Å². The van der Waals surface area contributed by atoms with Gasteiger partial charge in [-0.2, -0.15) is 0 Å². The van der Waals surface area contributed by atoms with Gasteiger partial charge in [-0.05, 0) is 50.8 Å². The van der Waals surface area contributed by atoms with E-state index in [1.165, 1.54) is 12.1 Å². The number of nitrogens with zero attached hydrogens (tertiary/aromatic N) is 2. The number of rotatable bonds is 5. The van der Waals surface area contributed by atoms with Crippen molar-refractivity contribution in [3.63, 3.8) is 0 Å². The van der Waals surface area contributed by atoms with Crippen LogP contribution in [0.1, 0.15) is 32.8 Å². The number of ether oxygens (including phenoxy) is 2.